The number of Topliss-reactive ketones (excluding diaryl/α,β-unsaturated/α-hetero) is 1. The molecule has 1 aromatic heterocycles. The molecule has 1 atom stereocenters. The fourth-order valence-electron chi connectivity index (χ4n) is 3.61. The van der Waals surface area contributed by atoms with E-state index in [1.54, 1.807) is 24.3 Å². The summed E-state index contributed by atoms with van der Waals surface area (Å²) in [6.45, 7) is 6.18. The number of hydrogen-bond donors (Lipinski definition) is 1. The number of halogens is 1. The second-order valence-electron chi connectivity index (χ2n) is 7.32. The molecule has 32 heavy (non-hydrogen) atoms. The third kappa shape index (κ3) is 3.96. The fraction of sp³-hybridized carbons (Fsp3) is 0.208. The largest absolute Gasteiger partial charge is 0.507 e. The Morgan fingerprint density at radius 1 is 1.19 bits per heavy atom. The molecule has 0 radical (unpaired) electrons. The Morgan fingerprint density at radius 2 is 1.91 bits per heavy atom. The molecule has 0 aliphatic carbocycles. The highest BCUT2D eigenvalue weighted by atomic mass is 79.9. The lowest BCUT2D eigenvalue weighted by Crippen LogP contribution is -2.29. The molecule has 1 saturated heterocycles. The molecule has 1 N–H and O–H groups in total. The zero-order chi connectivity index (χ0) is 23.0. The Bertz CT molecular complexity index is 1210. The zero-order valence-corrected chi connectivity index (χ0v) is 20.2. The number of anilines is 1. The Labute approximate surface area is 198 Å². The summed E-state index contributed by atoms with van der Waals surface area (Å²) in [6, 6.07) is 13.3. The van der Waals surface area contributed by atoms with E-state index >= 15 is 0 Å². The first-order valence-corrected chi connectivity index (χ1v) is 11.7. The number of benzene rings is 2. The van der Waals surface area contributed by atoms with Crippen molar-refractivity contribution >= 4 is 49.8 Å². The summed E-state index contributed by atoms with van der Waals surface area (Å²) in [5.74, 6) is -1.03. The number of amides is 1. The molecule has 2 heterocycles. The number of ketones is 1. The molecule has 3 aromatic rings. The molecule has 2 aromatic carbocycles. The van der Waals surface area contributed by atoms with Crippen LogP contribution in [-0.2, 0) is 9.59 Å². The van der Waals surface area contributed by atoms with Crippen molar-refractivity contribution in [3.05, 3.63) is 80.3 Å². The molecule has 1 unspecified atom stereocenters. The Morgan fingerprint density at radius 3 is 2.50 bits per heavy atom. The van der Waals surface area contributed by atoms with Crippen molar-refractivity contribution in [2.75, 3.05) is 11.5 Å². The van der Waals surface area contributed by atoms with Crippen LogP contribution in [0.25, 0.3) is 5.76 Å². The van der Waals surface area contributed by atoms with Gasteiger partial charge in [-0.25, -0.2) is 4.98 Å². The standard InChI is InChI=1S/C24H21BrN2O4S/c1-4-31-18-10-8-15(9-11-18)21(28)19-20(16-6-5-7-17(25)12-16)27(23(30)22(19)29)24-26-13(2)14(3)32-24/h5-12,20,28H,4H2,1-3H3. The van der Waals surface area contributed by atoms with Gasteiger partial charge in [0.15, 0.2) is 5.13 Å². The van der Waals surface area contributed by atoms with Crippen LogP contribution in [0.1, 0.15) is 34.7 Å². The number of nitrogens with zero attached hydrogens (tertiary/aromatic N) is 2. The SMILES string of the molecule is CCOc1ccc(C(O)=C2C(=O)C(=O)N(c3nc(C)c(C)s3)C2c2cccc(Br)c2)cc1. The Kier molecular flexibility index (Phi) is 6.17. The molecule has 0 saturated carbocycles. The van der Waals surface area contributed by atoms with E-state index in [2.05, 4.69) is 20.9 Å². The molecule has 6 nitrogen and oxygen atoms in total. The van der Waals surface area contributed by atoms with Crippen LogP contribution in [0, 0.1) is 13.8 Å². The third-order valence-electron chi connectivity index (χ3n) is 5.27. The molecular weight excluding hydrogens is 492 g/mol. The van der Waals surface area contributed by atoms with E-state index in [4.69, 9.17) is 4.74 Å². The second kappa shape index (κ2) is 8.88. The summed E-state index contributed by atoms with van der Waals surface area (Å²) in [5, 5.41) is 11.6. The molecule has 1 fully saturated rings. The van der Waals surface area contributed by atoms with E-state index in [9.17, 15) is 14.7 Å². The first-order valence-electron chi connectivity index (χ1n) is 10.1. The van der Waals surface area contributed by atoms with Crippen LogP contribution in [0.15, 0.2) is 58.6 Å². The minimum Gasteiger partial charge on any atom is -0.507 e. The second-order valence-corrected chi connectivity index (χ2v) is 9.42. The summed E-state index contributed by atoms with van der Waals surface area (Å²) in [7, 11) is 0. The minimum atomic E-state index is -0.802. The number of carbonyl (C=O) groups is 2. The van der Waals surface area contributed by atoms with Crippen molar-refractivity contribution in [2.24, 2.45) is 0 Å². The first kappa shape index (κ1) is 22.2. The number of rotatable bonds is 5. The van der Waals surface area contributed by atoms with Crippen molar-refractivity contribution in [1.82, 2.24) is 4.98 Å². The van der Waals surface area contributed by atoms with Gasteiger partial charge in [0.25, 0.3) is 5.78 Å². The number of aryl methyl sites for hydroxylation is 2. The van der Waals surface area contributed by atoms with Crippen molar-refractivity contribution in [1.29, 1.82) is 0 Å². The maximum atomic E-state index is 13.2. The molecule has 8 heteroatoms. The highest BCUT2D eigenvalue weighted by Crippen LogP contribution is 2.44. The predicted molar refractivity (Wildman–Crippen MR) is 128 cm³/mol. The predicted octanol–water partition coefficient (Wildman–Crippen LogP) is 5.55. The molecular formula is C24H21BrN2O4S. The average molecular weight is 513 g/mol. The van der Waals surface area contributed by atoms with Gasteiger partial charge in [-0.2, -0.15) is 0 Å². The van der Waals surface area contributed by atoms with Gasteiger partial charge in [-0.05, 0) is 62.7 Å². The van der Waals surface area contributed by atoms with E-state index < -0.39 is 17.7 Å². The van der Waals surface area contributed by atoms with Gasteiger partial charge in [-0.1, -0.05) is 28.1 Å². The third-order valence-corrected chi connectivity index (χ3v) is 6.84. The van der Waals surface area contributed by atoms with Gasteiger partial charge >= 0.3 is 5.91 Å². The topological polar surface area (TPSA) is 79.7 Å². The van der Waals surface area contributed by atoms with Crippen molar-refractivity contribution in [2.45, 2.75) is 26.8 Å². The van der Waals surface area contributed by atoms with E-state index in [0.29, 0.717) is 28.6 Å². The van der Waals surface area contributed by atoms with Crippen LogP contribution in [0.2, 0.25) is 0 Å². The summed E-state index contributed by atoms with van der Waals surface area (Å²) in [6.07, 6.45) is 0. The van der Waals surface area contributed by atoms with Gasteiger partial charge in [-0.15, -0.1) is 11.3 Å². The lowest BCUT2D eigenvalue weighted by molar-refractivity contribution is -0.132. The van der Waals surface area contributed by atoms with Crippen LogP contribution >= 0.6 is 27.3 Å². The van der Waals surface area contributed by atoms with Crippen LogP contribution < -0.4 is 9.64 Å². The van der Waals surface area contributed by atoms with Crippen LogP contribution in [-0.4, -0.2) is 28.4 Å². The van der Waals surface area contributed by atoms with Gasteiger partial charge in [0.2, 0.25) is 0 Å². The quantitative estimate of drug-likeness (QED) is 0.275. The number of ether oxygens (including phenoxy) is 1. The lowest BCUT2D eigenvalue weighted by atomic mass is 9.95. The molecule has 1 amide bonds. The number of thiazole rings is 1. The van der Waals surface area contributed by atoms with Gasteiger partial charge in [0.1, 0.15) is 11.5 Å². The van der Waals surface area contributed by atoms with Gasteiger partial charge in [0.05, 0.1) is 23.9 Å². The van der Waals surface area contributed by atoms with Crippen LogP contribution in [0.4, 0.5) is 5.13 Å². The number of aromatic nitrogens is 1. The van der Waals surface area contributed by atoms with Crippen LogP contribution in [0.3, 0.4) is 0 Å². The van der Waals surface area contributed by atoms with E-state index in [0.717, 1.165) is 15.0 Å². The molecule has 1 aliphatic rings. The number of carbonyl (C=O) groups excluding carboxylic acids is 2. The number of aliphatic hydroxyl groups is 1. The normalized spacial score (nSPS) is 17.8. The Hall–Kier alpha value is -2.97. The molecule has 1 aliphatic heterocycles. The van der Waals surface area contributed by atoms with Gasteiger partial charge in [-0.3, -0.25) is 14.5 Å². The summed E-state index contributed by atoms with van der Waals surface area (Å²) >= 11 is 4.81. The highest BCUT2D eigenvalue weighted by Gasteiger charge is 2.48. The number of aliphatic hydroxyl groups excluding tert-OH is 1. The molecule has 164 valence electrons. The van der Waals surface area contributed by atoms with Gasteiger partial charge < -0.3 is 9.84 Å². The molecule has 0 spiro atoms. The van der Waals surface area contributed by atoms with E-state index in [1.165, 1.54) is 16.2 Å². The van der Waals surface area contributed by atoms with E-state index in [1.807, 2.05) is 45.0 Å². The van der Waals surface area contributed by atoms with E-state index in [-0.39, 0.29) is 11.3 Å². The maximum Gasteiger partial charge on any atom is 0.301 e. The zero-order valence-electron chi connectivity index (χ0n) is 17.8. The van der Waals surface area contributed by atoms with Crippen molar-refractivity contribution in [3.63, 3.8) is 0 Å². The smallest absolute Gasteiger partial charge is 0.301 e. The minimum absolute atomic E-state index is 0.0303. The van der Waals surface area contributed by atoms with Crippen molar-refractivity contribution < 1.29 is 19.4 Å². The number of hydrogen-bond acceptors (Lipinski definition) is 6. The fourth-order valence-corrected chi connectivity index (χ4v) is 4.97. The summed E-state index contributed by atoms with van der Waals surface area (Å²) < 4.78 is 6.26. The molecule has 0 bridgehead atoms. The summed E-state index contributed by atoms with van der Waals surface area (Å²) in [5.41, 5.74) is 1.95. The lowest BCUT2D eigenvalue weighted by Gasteiger charge is -2.23. The van der Waals surface area contributed by atoms with Crippen molar-refractivity contribution in [3.8, 4) is 5.75 Å². The first-order chi connectivity index (χ1) is 15.3. The summed E-state index contributed by atoms with van der Waals surface area (Å²) in [4.78, 5) is 33.2. The van der Waals surface area contributed by atoms with Crippen LogP contribution in [0.5, 0.6) is 5.75 Å². The maximum absolute atomic E-state index is 13.2. The van der Waals surface area contributed by atoms with Gasteiger partial charge in [0, 0.05) is 14.9 Å². The average Bonchev–Trinajstić information content (AvgIpc) is 3.24. The highest BCUT2D eigenvalue weighted by molar-refractivity contribution is 9.10. The monoisotopic (exact) mass is 512 g/mol. The molecule has 4 rings (SSSR count). The Balaban J connectivity index is 1.90.